The number of allylic oxidation sites excluding steroid dienone is 1. The summed E-state index contributed by atoms with van der Waals surface area (Å²) < 4.78 is 11.3. The van der Waals surface area contributed by atoms with Crippen LogP contribution in [-0.2, 0) is 6.61 Å². The van der Waals surface area contributed by atoms with E-state index < -0.39 is 0 Å². The van der Waals surface area contributed by atoms with Crippen LogP contribution in [-0.4, -0.2) is 5.78 Å². The third-order valence-corrected chi connectivity index (χ3v) is 4.52. The van der Waals surface area contributed by atoms with Gasteiger partial charge in [0, 0.05) is 10.6 Å². The summed E-state index contributed by atoms with van der Waals surface area (Å²) in [7, 11) is 0. The van der Waals surface area contributed by atoms with Crippen LogP contribution in [0.15, 0.2) is 59.0 Å². The van der Waals surface area contributed by atoms with Gasteiger partial charge in [0.15, 0.2) is 11.5 Å². The van der Waals surface area contributed by atoms with E-state index in [1.807, 2.05) is 19.1 Å². The molecule has 2 aromatic carbocycles. The van der Waals surface area contributed by atoms with Gasteiger partial charge in [0.1, 0.15) is 18.1 Å². The van der Waals surface area contributed by atoms with Crippen molar-refractivity contribution in [1.82, 2.24) is 0 Å². The molecule has 3 rings (SSSR count). The highest BCUT2D eigenvalue weighted by Crippen LogP contribution is 2.36. The number of halogens is 3. The number of ketones is 1. The quantitative estimate of drug-likeness (QED) is 0.317. The van der Waals surface area contributed by atoms with Crippen molar-refractivity contribution in [3.63, 3.8) is 0 Å². The van der Waals surface area contributed by atoms with E-state index in [1.54, 1.807) is 42.5 Å². The van der Waals surface area contributed by atoms with E-state index in [-0.39, 0.29) is 12.4 Å². The lowest BCUT2D eigenvalue weighted by atomic mass is 10.1. The normalized spacial score (nSPS) is 11.1. The molecule has 3 nitrogen and oxygen atoms in total. The fourth-order valence-electron chi connectivity index (χ4n) is 2.34. The standard InChI is InChI=1S/C21H15Cl3O3/c1-13-2-4-14(5-3-13)20(25)9-8-16-6-7-17(27-16)12-26-21-18(23)10-15(22)11-19(21)24/h2-11H,12H2,1H3/b9-8+. The summed E-state index contributed by atoms with van der Waals surface area (Å²) >= 11 is 18.0. The van der Waals surface area contributed by atoms with Gasteiger partial charge in [0.2, 0.25) is 0 Å². The van der Waals surface area contributed by atoms with E-state index in [9.17, 15) is 4.79 Å². The first kappa shape index (κ1) is 19.6. The van der Waals surface area contributed by atoms with Crippen LogP contribution in [0, 0.1) is 6.92 Å². The first-order valence-electron chi connectivity index (χ1n) is 8.07. The summed E-state index contributed by atoms with van der Waals surface area (Å²) in [5.41, 5.74) is 1.73. The van der Waals surface area contributed by atoms with Crippen molar-refractivity contribution in [2.24, 2.45) is 0 Å². The summed E-state index contributed by atoms with van der Waals surface area (Å²) in [6, 6.07) is 14.0. The highest BCUT2D eigenvalue weighted by molar-refractivity contribution is 6.40. The predicted octanol–water partition coefficient (Wildman–Crippen LogP) is 7.02. The van der Waals surface area contributed by atoms with Crippen molar-refractivity contribution in [3.8, 4) is 5.75 Å². The fraction of sp³-hybridized carbons (Fsp3) is 0.0952. The van der Waals surface area contributed by atoms with E-state index in [0.29, 0.717) is 37.9 Å². The number of aryl methyl sites for hydroxylation is 1. The number of hydrogen-bond acceptors (Lipinski definition) is 3. The summed E-state index contributed by atoms with van der Waals surface area (Å²) in [6.07, 6.45) is 3.09. The third kappa shape index (κ3) is 5.16. The van der Waals surface area contributed by atoms with Crippen molar-refractivity contribution in [3.05, 3.63) is 92.3 Å². The van der Waals surface area contributed by atoms with Crippen LogP contribution >= 0.6 is 34.8 Å². The van der Waals surface area contributed by atoms with Gasteiger partial charge in [-0.05, 0) is 43.3 Å². The minimum atomic E-state index is -0.0936. The van der Waals surface area contributed by atoms with E-state index in [0.717, 1.165) is 5.56 Å². The van der Waals surface area contributed by atoms with E-state index >= 15 is 0 Å². The molecular formula is C21H15Cl3O3. The molecular weight excluding hydrogens is 407 g/mol. The SMILES string of the molecule is Cc1ccc(C(=O)/C=C/c2ccc(COc3c(Cl)cc(Cl)cc3Cl)o2)cc1. The van der Waals surface area contributed by atoms with Crippen molar-refractivity contribution < 1.29 is 13.9 Å². The number of rotatable bonds is 6. The van der Waals surface area contributed by atoms with E-state index in [4.69, 9.17) is 44.0 Å². The molecule has 0 bridgehead atoms. The van der Waals surface area contributed by atoms with E-state index in [1.165, 1.54) is 6.08 Å². The number of benzene rings is 2. The van der Waals surface area contributed by atoms with E-state index in [2.05, 4.69) is 0 Å². The number of ether oxygens (including phenoxy) is 1. The van der Waals surface area contributed by atoms with Crippen LogP contribution in [0.2, 0.25) is 15.1 Å². The maximum Gasteiger partial charge on any atom is 0.185 e. The molecule has 0 fully saturated rings. The summed E-state index contributed by atoms with van der Waals surface area (Å²) in [5, 5.41) is 1.08. The zero-order valence-electron chi connectivity index (χ0n) is 14.3. The molecule has 0 N–H and O–H groups in total. The third-order valence-electron chi connectivity index (χ3n) is 3.74. The maximum absolute atomic E-state index is 12.2. The molecule has 0 saturated carbocycles. The lowest BCUT2D eigenvalue weighted by Crippen LogP contribution is -1.95. The van der Waals surface area contributed by atoms with Gasteiger partial charge in [0.05, 0.1) is 10.0 Å². The lowest BCUT2D eigenvalue weighted by molar-refractivity contribution is 0.104. The highest BCUT2D eigenvalue weighted by atomic mass is 35.5. The molecule has 1 aromatic heterocycles. The molecule has 0 amide bonds. The Kier molecular flexibility index (Phi) is 6.27. The summed E-state index contributed by atoms with van der Waals surface area (Å²) in [5.74, 6) is 1.36. The van der Waals surface area contributed by atoms with Gasteiger partial charge in [-0.2, -0.15) is 0 Å². The Morgan fingerprint density at radius 2 is 1.70 bits per heavy atom. The first-order chi connectivity index (χ1) is 12.9. The Morgan fingerprint density at radius 3 is 2.37 bits per heavy atom. The van der Waals surface area contributed by atoms with Gasteiger partial charge in [-0.1, -0.05) is 64.6 Å². The van der Waals surface area contributed by atoms with Gasteiger partial charge in [-0.15, -0.1) is 0 Å². The average molecular weight is 422 g/mol. The number of hydrogen-bond donors (Lipinski definition) is 0. The molecule has 0 saturated heterocycles. The largest absolute Gasteiger partial charge is 0.483 e. The predicted molar refractivity (Wildman–Crippen MR) is 109 cm³/mol. The second kappa shape index (κ2) is 8.66. The molecule has 138 valence electrons. The fourth-order valence-corrected chi connectivity index (χ4v) is 3.27. The average Bonchev–Trinajstić information content (AvgIpc) is 3.07. The second-order valence-electron chi connectivity index (χ2n) is 5.85. The zero-order valence-corrected chi connectivity index (χ0v) is 16.6. The van der Waals surface area contributed by atoms with Crippen molar-refractivity contribution >= 4 is 46.7 Å². The number of carbonyl (C=O) groups excluding carboxylic acids is 1. The molecule has 27 heavy (non-hydrogen) atoms. The Bertz CT molecular complexity index is 965. The van der Waals surface area contributed by atoms with Crippen molar-refractivity contribution in [1.29, 1.82) is 0 Å². The minimum Gasteiger partial charge on any atom is -0.483 e. The minimum absolute atomic E-state index is 0.0936. The van der Waals surface area contributed by atoms with Gasteiger partial charge in [-0.3, -0.25) is 4.79 Å². The molecule has 0 spiro atoms. The van der Waals surface area contributed by atoms with Gasteiger partial charge >= 0.3 is 0 Å². The Balaban J connectivity index is 1.63. The Hall–Kier alpha value is -2.20. The van der Waals surface area contributed by atoms with Crippen molar-refractivity contribution in [2.45, 2.75) is 13.5 Å². The van der Waals surface area contributed by atoms with Gasteiger partial charge in [0.25, 0.3) is 0 Å². The van der Waals surface area contributed by atoms with Crippen LogP contribution in [0.3, 0.4) is 0 Å². The Labute approximate surface area is 172 Å². The first-order valence-corrected chi connectivity index (χ1v) is 9.21. The molecule has 1 heterocycles. The summed E-state index contributed by atoms with van der Waals surface area (Å²) in [6.45, 7) is 2.11. The van der Waals surface area contributed by atoms with Crippen LogP contribution in [0.1, 0.15) is 27.4 Å². The number of carbonyl (C=O) groups is 1. The lowest BCUT2D eigenvalue weighted by Gasteiger charge is -2.08. The molecule has 3 aromatic rings. The van der Waals surface area contributed by atoms with Gasteiger partial charge in [-0.25, -0.2) is 0 Å². The molecule has 0 unspecified atom stereocenters. The highest BCUT2D eigenvalue weighted by Gasteiger charge is 2.11. The van der Waals surface area contributed by atoms with Crippen LogP contribution in [0.4, 0.5) is 0 Å². The van der Waals surface area contributed by atoms with Gasteiger partial charge < -0.3 is 9.15 Å². The summed E-state index contributed by atoms with van der Waals surface area (Å²) in [4.78, 5) is 12.2. The molecule has 0 radical (unpaired) electrons. The molecule has 0 aliphatic carbocycles. The zero-order chi connectivity index (χ0) is 19.4. The van der Waals surface area contributed by atoms with Crippen LogP contribution in [0.5, 0.6) is 5.75 Å². The molecule has 6 heteroatoms. The topological polar surface area (TPSA) is 39.4 Å². The van der Waals surface area contributed by atoms with Crippen LogP contribution in [0.25, 0.3) is 6.08 Å². The monoisotopic (exact) mass is 420 g/mol. The number of furan rings is 1. The second-order valence-corrected chi connectivity index (χ2v) is 7.11. The van der Waals surface area contributed by atoms with Crippen LogP contribution < -0.4 is 4.74 Å². The molecule has 0 atom stereocenters. The Morgan fingerprint density at radius 1 is 1.04 bits per heavy atom. The smallest absolute Gasteiger partial charge is 0.185 e. The van der Waals surface area contributed by atoms with Crippen molar-refractivity contribution in [2.75, 3.05) is 0 Å². The molecule has 0 aliphatic rings. The maximum atomic E-state index is 12.2. The molecule has 0 aliphatic heterocycles.